The second-order valence-corrected chi connectivity index (χ2v) is 6.83. The molecular weight excluding hydrogens is 340 g/mol. The molecule has 0 radical (unpaired) electrons. The number of amides is 1. The number of nitrogens with one attached hydrogen (secondary N) is 1. The van der Waals surface area contributed by atoms with E-state index in [0.29, 0.717) is 12.6 Å². The Hall–Kier alpha value is -2.42. The number of carbonyl (C=O) groups excluding carboxylic acids is 1. The van der Waals surface area contributed by atoms with Crippen molar-refractivity contribution in [1.82, 2.24) is 19.2 Å². The molecule has 4 rings (SSSR count). The van der Waals surface area contributed by atoms with Crippen LogP contribution in [0.5, 0.6) is 0 Å². The first-order valence-corrected chi connectivity index (χ1v) is 9.27. The zero-order valence-corrected chi connectivity index (χ0v) is 14.8. The first-order chi connectivity index (χ1) is 12.2. The summed E-state index contributed by atoms with van der Waals surface area (Å²) in [5.41, 5.74) is 0.884. The van der Waals surface area contributed by atoms with E-state index in [0.717, 1.165) is 37.4 Å². The summed E-state index contributed by atoms with van der Waals surface area (Å²) in [6, 6.07) is 2.28. The predicted molar refractivity (Wildman–Crippen MR) is 95.3 cm³/mol. The third kappa shape index (κ3) is 3.23. The molecule has 2 aromatic rings. The van der Waals surface area contributed by atoms with E-state index in [1.807, 2.05) is 23.3 Å². The van der Waals surface area contributed by atoms with Gasteiger partial charge < -0.3 is 15.0 Å². The highest BCUT2D eigenvalue weighted by molar-refractivity contribution is 7.04. The number of nitrogens with zero attached hydrogens (tertiary/aromatic N) is 5. The van der Waals surface area contributed by atoms with Gasteiger partial charge in [-0.25, -0.2) is 9.78 Å². The van der Waals surface area contributed by atoms with Crippen LogP contribution in [0.4, 0.5) is 22.2 Å². The van der Waals surface area contributed by atoms with E-state index in [-0.39, 0.29) is 18.2 Å². The van der Waals surface area contributed by atoms with E-state index in [9.17, 15) is 4.79 Å². The van der Waals surface area contributed by atoms with Crippen molar-refractivity contribution in [2.24, 2.45) is 0 Å². The molecule has 8 nitrogen and oxygen atoms in total. The molecule has 0 aliphatic carbocycles. The second-order valence-electron chi connectivity index (χ2n) is 6.17. The Bertz CT molecular complexity index is 726. The lowest BCUT2D eigenvalue weighted by molar-refractivity contribution is 0.0825. The SMILES string of the molecule is CCOC(=O)N1[C@@H]2CC[C@H]1CN(c1ccnc(Nc3cnsc3)n1)C2. The fourth-order valence-corrected chi connectivity index (χ4v) is 4.04. The van der Waals surface area contributed by atoms with Crippen molar-refractivity contribution in [3.63, 3.8) is 0 Å². The molecule has 1 N–H and O–H groups in total. The normalized spacial score (nSPS) is 22.1. The quantitative estimate of drug-likeness (QED) is 0.897. The number of carbonyl (C=O) groups is 1. The maximum atomic E-state index is 12.2. The van der Waals surface area contributed by atoms with Crippen LogP contribution in [0.2, 0.25) is 0 Å². The van der Waals surface area contributed by atoms with Crippen LogP contribution in [0, 0.1) is 0 Å². The standard InChI is InChI=1S/C16H20N6O2S/c1-2-24-16(23)22-12-3-4-13(22)9-21(8-12)14-5-6-17-15(20-14)19-11-7-18-25-10-11/h5-7,10,12-13H,2-4,8-9H2,1H3,(H,17,19,20)/t12-,13+. The highest BCUT2D eigenvalue weighted by Gasteiger charge is 2.43. The van der Waals surface area contributed by atoms with Crippen LogP contribution in [-0.4, -0.2) is 57.1 Å². The van der Waals surface area contributed by atoms with Gasteiger partial charge in [0.05, 0.1) is 30.6 Å². The first-order valence-electron chi connectivity index (χ1n) is 8.44. The lowest BCUT2D eigenvalue weighted by atomic mass is 10.2. The highest BCUT2D eigenvalue weighted by atomic mass is 32.1. The summed E-state index contributed by atoms with van der Waals surface area (Å²) in [6.45, 7) is 3.79. The van der Waals surface area contributed by atoms with Gasteiger partial charge in [0.1, 0.15) is 5.82 Å². The molecule has 4 heterocycles. The molecule has 1 amide bonds. The summed E-state index contributed by atoms with van der Waals surface area (Å²) in [5.74, 6) is 1.43. The minimum atomic E-state index is -0.190. The largest absolute Gasteiger partial charge is 0.450 e. The number of anilines is 3. The molecule has 2 bridgehead atoms. The molecule has 132 valence electrons. The first kappa shape index (κ1) is 16.1. The van der Waals surface area contributed by atoms with Crippen LogP contribution >= 0.6 is 11.5 Å². The van der Waals surface area contributed by atoms with Gasteiger partial charge in [0.2, 0.25) is 5.95 Å². The van der Waals surface area contributed by atoms with E-state index in [1.54, 1.807) is 12.4 Å². The maximum absolute atomic E-state index is 12.2. The Labute approximate surface area is 150 Å². The van der Waals surface area contributed by atoms with Crippen molar-refractivity contribution >= 4 is 35.1 Å². The number of aromatic nitrogens is 3. The molecule has 9 heteroatoms. The van der Waals surface area contributed by atoms with Gasteiger partial charge in [-0.05, 0) is 37.4 Å². The summed E-state index contributed by atoms with van der Waals surface area (Å²) < 4.78 is 9.27. The minimum absolute atomic E-state index is 0.185. The molecule has 2 aromatic heterocycles. The molecular formula is C16H20N6O2S. The van der Waals surface area contributed by atoms with E-state index in [4.69, 9.17) is 4.74 Å². The summed E-state index contributed by atoms with van der Waals surface area (Å²) in [7, 11) is 0. The summed E-state index contributed by atoms with van der Waals surface area (Å²) in [5, 5.41) is 5.07. The molecule has 25 heavy (non-hydrogen) atoms. The van der Waals surface area contributed by atoms with Crippen molar-refractivity contribution < 1.29 is 9.53 Å². The van der Waals surface area contributed by atoms with Gasteiger partial charge in [-0.15, -0.1) is 0 Å². The average molecular weight is 360 g/mol. The van der Waals surface area contributed by atoms with Gasteiger partial charge in [-0.2, -0.15) is 9.36 Å². The van der Waals surface area contributed by atoms with Gasteiger partial charge in [0, 0.05) is 24.7 Å². The Morgan fingerprint density at radius 3 is 2.88 bits per heavy atom. The Balaban J connectivity index is 1.48. The smallest absolute Gasteiger partial charge is 0.410 e. The summed E-state index contributed by atoms with van der Waals surface area (Å²) in [6.07, 6.45) is 5.33. The Morgan fingerprint density at radius 2 is 2.20 bits per heavy atom. The number of piperazine rings is 1. The molecule has 0 aromatic carbocycles. The molecule has 0 spiro atoms. The van der Waals surface area contributed by atoms with Crippen molar-refractivity contribution in [1.29, 1.82) is 0 Å². The fraction of sp³-hybridized carbons (Fsp3) is 0.500. The number of ether oxygens (including phenoxy) is 1. The van der Waals surface area contributed by atoms with Gasteiger partial charge >= 0.3 is 6.09 Å². The molecule has 2 saturated heterocycles. The number of fused-ring (bicyclic) bond motifs is 2. The van der Waals surface area contributed by atoms with Crippen LogP contribution in [-0.2, 0) is 4.74 Å². The third-order valence-corrected chi connectivity index (χ3v) is 5.20. The van der Waals surface area contributed by atoms with Gasteiger partial charge in [-0.1, -0.05) is 0 Å². The number of hydrogen-bond acceptors (Lipinski definition) is 8. The van der Waals surface area contributed by atoms with Crippen molar-refractivity contribution in [2.75, 3.05) is 29.9 Å². The molecule has 0 saturated carbocycles. The minimum Gasteiger partial charge on any atom is -0.450 e. The molecule has 2 aliphatic rings. The predicted octanol–water partition coefficient (Wildman–Crippen LogP) is 2.49. The lowest BCUT2D eigenvalue weighted by Crippen LogP contribution is -2.56. The van der Waals surface area contributed by atoms with Crippen molar-refractivity contribution in [3.05, 3.63) is 23.8 Å². The molecule has 2 aliphatic heterocycles. The monoisotopic (exact) mass is 360 g/mol. The molecule has 2 atom stereocenters. The van der Waals surface area contributed by atoms with Crippen LogP contribution in [0.25, 0.3) is 0 Å². The van der Waals surface area contributed by atoms with Gasteiger partial charge in [-0.3, -0.25) is 4.90 Å². The second kappa shape index (κ2) is 6.83. The van der Waals surface area contributed by atoms with E-state index in [1.165, 1.54) is 11.5 Å². The van der Waals surface area contributed by atoms with Gasteiger partial charge in [0.25, 0.3) is 0 Å². The molecule has 2 fully saturated rings. The lowest BCUT2D eigenvalue weighted by Gasteiger charge is -2.40. The van der Waals surface area contributed by atoms with Crippen LogP contribution in [0.1, 0.15) is 19.8 Å². The van der Waals surface area contributed by atoms with Crippen LogP contribution < -0.4 is 10.2 Å². The Kier molecular flexibility index (Phi) is 4.39. The number of rotatable bonds is 4. The topological polar surface area (TPSA) is 83.5 Å². The summed E-state index contributed by atoms with van der Waals surface area (Å²) >= 11 is 1.38. The molecule has 0 unspecified atom stereocenters. The number of hydrogen-bond donors (Lipinski definition) is 1. The van der Waals surface area contributed by atoms with Crippen molar-refractivity contribution in [3.8, 4) is 0 Å². The maximum Gasteiger partial charge on any atom is 0.410 e. The van der Waals surface area contributed by atoms with Gasteiger partial charge in [0.15, 0.2) is 0 Å². The van der Waals surface area contributed by atoms with E-state index < -0.39 is 0 Å². The average Bonchev–Trinajstić information content (AvgIpc) is 3.21. The van der Waals surface area contributed by atoms with E-state index >= 15 is 0 Å². The highest BCUT2D eigenvalue weighted by Crippen LogP contribution is 2.32. The summed E-state index contributed by atoms with van der Waals surface area (Å²) in [4.78, 5) is 25.2. The van der Waals surface area contributed by atoms with E-state index in [2.05, 4.69) is 24.6 Å². The third-order valence-electron chi connectivity index (χ3n) is 4.61. The van der Waals surface area contributed by atoms with Crippen LogP contribution in [0.3, 0.4) is 0 Å². The van der Waals surface area contributed by atoms with Crippen LogP contribution in [0.15, 0.2) is 23.8 Å². The Morgan fingerprint density at radius 1 is 1.40 bits per heavy atom. The zero-order valence-electron chi connectivity index (χ0n) is 14.0. The van der Waals surface area contributed by atoms with Crippen molar-refractivity contribution in [2.45, 2.75) is 31.8 Å². The zero-order chi connectivity index (χ0) is 17.2. The fourth-order valence-electron chi connectivity index (χ4n) is 3.57.